The van der Waals surface area contributed by atoms with Crippen LogP contribution in [0.4, 0.5) is 0 Å². The number of nitrogens with zero attached hydrogens (tertiary/aromatic N) is 3. The van der Waals surface area contributed by atoms with Crippen molar-refractivity contribution in [2.75, 3.05) is 6.54 Å². The zero-order chi connectivity index (χ0) is 13.0. The van der Waals surface area contributed by atoms with Gasteiger partial charge in [-0.2, -0.15) is 0 Å². The molecule has 1 aromatic heterocycles. The van der Waals surface area contributed by atoms with E-state index in [9.17, 15) is 0 Å². The Balaban J connectivity index is 2.30. The first-order chi connectivity index (χ1) is 8.72. The Morgan fingerprint density at radius 1 is 1.28 bits per heavy atom. The van der Waals surface area contributed by atoms with E-state index in [4.69, 9.17) is 0 Å². The number of nitrogens with one attached hydrogen (secondary N) is 1. The highest BCUT2D eigenvalue weighted by molar-refractivity contribution is 5.29. The maximum atomic E-state index is 4.02. The van der Waals surface area contributed by atoms with E-state index >= 15 is 0 Å². The molecule has 96 valence electrons. The van der Waals surface area contributed by atoms with Crippen LogP contribution in [0.2, 0.25) is 0 Å². The third kappa shape index (κ3) is 2.76. The molecule has 2 rings (SSSR count). The molecule has 0 radical (unpaired) electrons. The Kier molecular flexibility index (Phi) is 4.10. The van der Waals surface area contributed by atoms with Gasteiger partial charge in [0.1, 0.15) is 0 Å². The van der Waals surface area contributed by atoms with Gasteiger partial charge in [0.05, 0.1) is 17.9 Å². The second-order valence-electron chi connectivity index (χ2n) is 4.58. The average molecular weight is 244 g/mol. The number of rotatable bonds is 5. The van der Waals surface area contributed by atoms with Crippen molar-refractivity contribution in [3.63, 3.8) is 0 Å². The van der Waals surface area contributed by atoms with Crippen LogP contribution in [0.3, 0.4) is 0 Å². The second kappa shape index (κ2) is 5.78. The van der Waals surface area contributed by atoms with Gasteiger partial charge >= 0.3 is 0 Å². The fourth-order valence-corrected chi connectivity index (χ4v) is 2.00. The fraction of sp³-hybridized carbons (Fsp3) is 0.429. The third-order valence-corrected chi connectivity index (χ3v) is 3.05. The van der Waals surface area contributed by atoms with Crippen molar-refractivity contribution >= 4 is 0 Å². The van der Waals surface area contributed by atoms with Crippen LogP contribution in [0, 0.1) is 6.92 Å². The molecule has 1 atom stereocenters. The minimum atomic E-state index is 0.158. The maximum Gasteiger partial charge on any atom is 0.0798 e. The molecule has 2 aromatic rings. The Bertz CT molecular complexity index is 487. The lowest BCUT2D eigenvalue weighted by molar-refractivity contribution is 0.550. The normalized spacial score (nSPS) is 12.6. The summed E-state index contributed by atoms with van der Waals surface area (Å²) in [6.07, 6.45) is 2.93. The van der Waals surface area contributed by atoms with Crippen molar-refractivity contribution in [1.82, 2.24) is 20.3 Å². The first-order valence-corrected chi connectivity index (χ1v) is 6.37. The van der Waals surface area contributed by atoms with Crippen LogP contribution < -0.4 is 5.32 Å². The summed E-state index contributed by atoms with van der Waals surface area (Å²) in [5.41, 5.74) is 3.61. The van der Waals surface area contributed by atoms with Crippen LogP contribution >= 0.6 is 0 Å². The number of hydrogen-bond donors (Lipinski definition) is 1. The van der Waals surface area contributed by atoms with E-state index in [-0.39, 0.29) is 6.04 Å². The summed E-state index contributed by atoms with van der Waals surface area (Å²) >= 11 is 0. The summed E-state index contributed by atoms with van der Waals surface area (Å²) in [6.45, 7) is 5.24. The molecule has 0 saturated heterocycles. The van der Waals surface area contributed by atoms with Crippen LogP contribution in [0.5, 0.6) is 0 Å². The third-order valence-electron chi connectivity index (χ3n) is 3.05. The molecule has 4 nitrogen and oxygen atoms in total. The Labute approximate surface area is 108 Å². The quantitative estimate of drug-likeness (QED) is 0.877. The van der Waals surface area contributed by atoms with Gasteiger partial charge < -0.3 is 5.32 Å². The van der Waals surface area contributed by atoms with E-state index in [0.29, 0.717) is 0 Å². The predicted octanol–water partition coefficient (Wildman–Crippen LogP) is 2.21. The van der Waals surface area contributed by atoms with E-state index in [1.54, 1.807) is 0 Å². The predicted molar refractivity (Wildman–Crippen MR) is 72.3 cm³/mol. The van der Waals surface area contributed by atoms with Gasteiger partial charge in [-0.1, -0.05) is 42.0 Å². The SMILES string of the molecule is CCCNC(c1ccc(C)cc1)c1cnnn1C. The van der Waals surface area contributed by atoms with Gasteiger partial charge in [-0.15, -0.1) is 5.10 Å². The highest BCUT2D eigenvalue weighted by atomic mass is 15.4. The lowest BCUT2D eigenvalue weighted by Crippen LogP contribution is -2.25. The van der Waals surface area contributed by atoms with E-state index in [1.807, 2.05) is 17.9 Å². The maximum absolute atomic E-state index is 4.02. The zero-order valence-electron chi connectivity index (χ0n) is 11.2. The largest absolute Gasteiger partial charge is 0.305 e. The van der Waals surface area contributed by atoms with Gasteiger partial charge in [-0.05, 0) is 25.5 Å². The van der Waals surface area contributed by atoms with Crippen molar-refractivity contribution in [1.29, 1.82) is 0 Å². The van der Waals surface area contributed by atoms with Crippen LogP contribution in [0.25, 0.3) is 0 Å². The first kappa shape index (κ1) is 12.8. The molecular weight excluding hydrogens is 224 g/mol. The van der Waals surface area contributed by atoms with Crippen LogP contribution in [-0.4, -0.2) is 21.5 Å². The summed E-state index contributed by atoms with van der Waals surface area (Å²) in [5.74, 6) is 0. The van der Waals surface area contributed by atoms with Crippen molar-refractivity contribution in [2.24, 2.45) is 7.05 Å². The van der Waals surface area contributed by atoms with E-state index in [0.717, 1.165) is 18.7 Å². The summed E-state index contributed by atoms with van der Waals surface area (Å²) in [4.78, 5) is 0. The molecule has 0 aliphatic rings. The zero-order valence-corrected chi connectivity index (χ0v) is 11.2. The molecule has 0 bridgehead atoms. The van der Waals surface area contributed by atoms with Crippen molar-refractivity contribution in [3.05, 3.63) is 47.3 Å². The molecule has 0 aliphatic carbocycles. The molecule has 0 fully saturated rings. The van der Waals surface area contributed by atoms with Gasteiger partial charge in [0.25, 0.3) is 0 Å². The molecule has 18 heavy (non-hydrogen) atoms. The Hall–Kier alpha value is -1.68. The molecule has 1 aromatic carbocycles. The Morgan fingerprint density at radius 2 is 2.00 bits per heavy atom. The van der Waals surface area contributed by atoms with Crippen molar-refractivity contribution in [3.8, 4) is 0 Å². The van der Waals surface area contributed by atoms with Gasteiger partial charge in [0, 0.05) is 7.05 Å². The van der Waals surface area contributed by atoms with Crippen LogP contribution in [0.15, 0.2) is 30.5 Å². The number of aromatic nitrogens is 3. The van der Waals surface area contributed by atoms with Crippen LogP contribution in [-0.2, 0) is 7.05 Å². The van der Waals surface area contributed by atoms with E-state index in [1.165, 1.54) is 11.1 Å². The second-order valence-corrected chi connectivity index (χ2v) is 4.58. The average Bonchev–Trinajstić information content (AvgIpc) is 2.78. The molecule has 1 heterocycles. The summed E-state index contributed by atoms with van der Waals surface area (Å²) < 4.78 is 1.83. The fourth-order valence-electron chi connectivity index (χ4n) is 2.00. The lowest BCUT2D eigenvalue weighted by atomic mass is 10.0. The highest BCUT2D eigenvalue weighted by Gasteiger charge is 2.16. The molecule has 4 heteroatoms. The van der Waals surface area contributed by atoms with Crippen molar-refractivity contribution in [2.45, 2.75) is 26.3 Å². The lowest BCUT2D eigenvalue weighted by Gasteiger charge is -2.18. The molecule has 0 aliphatic heterocycles. The highest BCUT2D eigenvalue weighted by Crippen LogP contribution is 2.21. The smallest absolute Gasteiger partial charge is 0.0798 e. The van der Waals surface area contributed by atoms with Gasteiger partial charge in [0.2, 0.25) is 0 Å². The van der Waals surface area contributed by atoms with Gasteiger partial charge in [0.15, 0.2) is 0 Å². The molecule has 1 N–H and O–H groups in total. The summed E-state index contributed by atoms with van der Waals surface area (Å²) in [5, 5.41) is 11.5. The summed E-state index contributed by atoms with van der Waals surface area (Å²) in [6, 6.07) is 8.76. The molecule has 0 spiro atoms. The minimum absolute atomic E-state index is 0.158. The number of aryl methyl sites for hydroxylation is 2. The molecular formula is C14H20N4. The van der Waals surface area contributed by atoms with Crippen molar-refractivity contribution < 1.29 is 0 Å². The number of hydrogen-bond acceptors (Lipinski definition) is 3. The molecule has 0 amide bonds. The van der Waals surface area contributed by atoms with E-state index in [2.05, 4.69) is 53.7 Å². The molecule has 0 saturated carbocycles. The Morgan fingerprint density at radius 3 is 2.56 bits per heavy atom. The topological polar surface area (TPSA) is 42.7 Å². The van der Waals surface area contributed by atoms with Crippen LogP contribution in [0.1, 0.15) is 36.2 Å². The van der Waals surface area contributed by atoms with E-state index < -0.39 is 0 Å². The van der Waals surface area contributed by atoms with Gasteiger partial charge in [-0.3, -0.25) is 4.68 Å². The monoisotopic (exact) mass is 244 g/mol. The summed E-state index contributed by atoms with van der Waals surface area (Å²) in [7, 11) is 1.93. The van der Waals surface area contributed by atoms with Gasteiger partial charge in [-0.25, -0.2) is 0 Å². The molecule has 1 unspecified atom stereocenters. The minimum Gasteiger partial charge on any atom is -0.305 e. The number of benzene rings is 1. The first-order valence-electron chi connectivity index (χ1n) is 6.37. The standard InChI is InChI=1S/C14H20N4/c1-4-9-15-14(13-10-16-17-18(13)3)12-7-5-11(2)6-8-12/h5-8,10,14-15H,4,9H2,1-3H3.